The van der Waals surface area contributed by atoms with Gasteiger partial charge in [-0.1, -0.05) is 6.08 Å². The molecule has 0 aliphatic rings. The molecule has 3 nitrogen and oxygen atoms in total. The average Bonchev–Trinajstić information content (AvgIpc) is 1.85. The van der Waals surface area contributed by atoms with Gasteiger partial charge in [-0.05, 0) is 26.1 Å². The molecule has 0 rings (SSSR count). The van der Waals surface area contributed by atoms with Gasteiger partial charge in [0, 0.05) is 0 Å². The van der Waals surface area contributed by atoms with Crippen LogP contribution in [-0.2, 0) is 14.0 Å². The number of rotatable bonds is 5. The van der Waals surface area contributed by atoms with Crippen LogP contribution in [0, 0.1) is 0 Å². The van der Waals surface area contributed by atoms with Crippen molar-refractivity contribution in [2.75, 3.05) is 5.75 Å². The minimum Gasteiger partial charge on any atom is -0.315 e. The van der Waals surface area contributed by atoms with E-state index in [9.17, 15) is 8.42 Å². The predicted molar refractivity (Wildman–Crippen MR) is 53.0 cm³/mol. The van der Waals surface area contributed by atoms with Crippen LogP contribution in [0.25, 0.3) is 0 Å². The SMILES string of the molecule is C=CC[Si](C)(C)OS(=O)(=O)CC. The maximum absolute atomic E-state index is 11.1. The van der Waals surface area contributed by atoms with Gasteiger partial charge in [0.15, 0.2) is 0 Å². The normalized spacial score (nSPS) is 12.9. The Morgan fingerprint density at radius 3 is 2.33 bits per heavy atom. The van der Waals surface area contributed by atoms with E-state index < -0.39 is 18.4 Å². The maximum atomic E-state index is 11.1. The second kappa shape index (κ2) is 4.20. The fourth-order valence-electron chi connectivity index (χ4n) is 0.784. The van der Waals surface area contributed by atoms with Crippen LogP contribution < -0.4 is 0 Å². The molecule has 5 heteroatoms. The molecule has 0 atom stereocenters. The van der Waals surface area contributed by atoms with Crippen LogP contribution in [0.15, 0.2) is 12.7 Å². The van der Waals surface area contributed by atoms with Crippen LogP contribution in [0.5, 0.6) is 0 Å². The van der Waals surface area contributed by atoms with Gasteiger partial charge in [0.05, 0.1) is 5.75 Å². The van der Waals surface area contributed by atoms with E-state index in [-0.39, 0.29) is 5.75 Å². The molecule has 0 N–H and O–H groups in total. The minimum atomic E-state index is -3.29. The molecule has 72 valence electrons. The number of hydrogen-bond acceptors (Lipinski definition) is 3. The molecule has 0 bridgehead atoms. The van der Waals surface area contributed by atoms with E-state index in [1.165, 1.54) is 0 Å². The van der Waals surface area contributed by atoms with E-state index in [0.29, 0.717) is 6.04 Å². The summed E-state index contributed by atoms with van der Waals surface area (Å²) >= 11 is 0. The summed E-state index contributed by atoms with van der Waals surface area (Å²) in [5, 5.41) is 0. The average molecular weight is 208 g/mol. The lowest BCUT2D eigenvalue weighted by Gasteiger charge is -2.19. The molecule has 0 aliphatic carbocycles. The van der Waals surface area contributed by atoms with Gasteiger partial charge in [-0.3, -0.25) is 0 Å². The molecule has 0 fully saturated rings. The lowest BCUT2D eigenvalue weighted by Crippen LogP contribution is -2.33. The third-order valence-corrected chi connectivity index (χ3v) is 6.14. The van der Waals surface area contributed by atoms with Crippen molar-refractivity contribution in [1.29, 1.82) is 0 Å². The van der Waals surface area contributed by atoms with Crippen molar-refractivity contribution >= 4 is 18.4 Å². The molecule has 0 aromatic rings. The first kappa shape index (κ1) is 11.9. The Balaban J connectivity index is 4.33. The minimum absolute atomic E-state index is 0.0422. The van der Waals surface area contributed by atoms with Crippen molar-refractivity contribution in [3.63, 3.8) is 0 Å². The third kappa shape index (κ3) is 4.69. The largest absolute Gasteiger partial charge is 0.315 e. The topological polar surface area (TPSA) is 43.4 Å². The van der Waals surface area contributed by atoms with Gasteiger partial charge in [-0.15, -0.1) is 6.58 Å². The van der Waals surface area contributed by atoms with Gasteiger partial charge in [0.1, 0.15) is 0 Å². The fraction of sp³-hybridized carbons (Fsp3) is 0.714. The summed E-state index contributed by atoms with van der Waals surface area (Å²) in [6, 6.07) is 0.659. The molecule has 0 spiro atoms. The quantitative estimate of drug-likeness (QED) is 0.510. The van der Waals surface area contributed by atoms with Gasteiger partial charge in [-0.25, -0.2) is 8.42 Å². The standard InChI is InChI=1S/C7H16O3SSi/c1-5-7-12(3,4)10-11(8,9)6-2/h5H,1,6-7H2,2-4H3. The Labute approximate surface area is 75.7 Å². The van der Waals surface area contributed by atoms with Gasteiger partial charge in [-0.2, -0.15) is 0 Å². The lowest BCUT2D eigenvalue weighted by molar-refractivity contribution is 0.485. The summed E-state index contributed by atoms with van der Waals surface area (Å²) in [6.07, 6.45) is 1.71. The lowest BCUT2D eigenvalue weighted by atomic mass is 10.8. The van der Waals surface area contributed by atoms with E-state index in [1.54, 1.807) is 13.0 Å². The fourth-order valence-corrected chi connectivity index (χ4v) is 4.97. The van der Waals surface area contributed by atoms with Crippen LogP contribution in [-0.4, -0.2) is 22.5 Å². The van der Waals surface area contributed by atoms with E-state index in [2.05, 4.69) is 6.58 Å². The van der Waals surface area contributed by atoms with Crippen LogP contribution in [0.3, 0.4) is 0 Å². The molecular formula is C7H16O3SSi. The molecule has 0 aromatic heterocycles. The van der Waals surface area contributed by atoms with E-state index >= 15 is 0 Å². The highest BCUT2D eigenvalue weighted by molar-refractivity contribution is 7.87. The van der Waals surface area contributed by atoms with E-state index in [0.717, 1.165) is 0 Å². The Kier molecular flexibility index (Phi) is 4.16. The Bertz CT molecular complexity index is 243. The first-order chi connectivity index (χ1) is 5.33. The van der Waals surface area contributed by atoms with Crippen molar-refractivity contribution in [2.45, 2.75) is 26.1 Å². The zero-order valence-electron chi connectivity index (χ0n) is 7.83. The van der Waals surface area contributed by atoms with Gasteiger partial charge in [0.25, 0.3) is 10.1 Å². The molecule has 0 saturated carbocycles. The second-order valence-corrected chi connectivity index (χ2v) is 9.47. The molecule has 0 amide bonds. The Morgan fingerprint density at radius 2 is 2.00 bits per heavy atom. The van der Waals surface area contributed by atoms with Gasteiger partial charge >= 0.3 is 0 Å². The Morgan fingerprint density at radius 1 is 1.50 bits per heavy atom. The second-order valence-electron chi connectivity index (χ2n) is 3.18. The summed E-state index contributed by atoms with van der Waals surface area (Å²) in [7, 11) is -5.35. The maximum Gasteiger partial charge on any atom is 0.257 e. The molecule has 0 aliphatic heterocycles. The van der Waals surface area contributed by atoms with Crippen molar-refractivity contribution < 1.29 is 12.3 Å². The monoisotopic (exact) mass is 208 g/mol. The number of hydrogen-bond donors (Lipinski definition) is 0. The van der Waals surface area contributed by atoms with E-state index in [1.807, 2.05) is 13.1 Å². The van der Waals surface area contributed by atoms with Crippen molar-refractivity contribution in [2.24, 2.45) is 0 Å². The number of allylic oxidation sites excluding steroid dienone is 1. The van der Waals surface area contributed by atoms with Crippen LogP contribution in [0.4, 0.5) is 0 Å². The summed E-state index contributed by atoms with van der Waals surface area (Å²) < 4.78 is 27.2. The first-order valence-corrected chi connectivity index (χ1v) is 8.56. The highest BCUT2D eigenvalue weighted by Gasteiger charge is 2.27. The Hall–Kier alpha value is -0.133. The molecule has 0 heterocycles. The van der Waals surface area contributed by atoms with Gasteiger partial charge < -0.3 is 3.87 Å². The molecular weight excluding hydrogens is 192 g/mol. The van der Waals surface area contributed by atoms with Crippen LogP contribution in [0.1, 0.15) is 6.92 Å². The zero-order valence-corrected chi connectivity index (χ0v) is 9.65. The highest BCUT2D eigenvalue weighted by Crippen LogP contribution is 2.14. The molecule has 0 saturated heterocycles. The first-order valence-electron chi connectivity index (χ1n) is 3.87. The smallest absolute Gasteiger partial charge is 0.257 e. The van der Waals surface area contributed by atoms with Crippen LogP contribution in [0.2, 0.25) is 19.1 Å². The van der Waals surface area contributed by atoms with Gasteiger partial charge in [0.2, 0.25) is 8.32 Å². The predicted octanol–water partition coefficient (Wildman–Crippen LogP) is 1.74. The van der Waals surface area contributed by atoms with Crippen LogP contribution >= 0.6 is 0 Å². The zero-order chi connectivity index (χ0) is 9.83. The third-order valence-electron chi connectivity index (χ3n) is 1.34. The summed E-state index contributed by atoms with van der Waals surface area (Å²) in [6.45, 7) is 8.86. The van der Waals surface area contributed by atoms with Crippen molar-refractivity contribution in [3.05, 3.63) is 12.7 Å². The highest BCUT2D eigenvalue weighted by atomic mass is 32.2. The molecule has 0 aromatic carbocycles. The molecule has 12 heavy (non-hydrogen) atoms. The molecule has 0 radical (unpaired) electrons. The summed E-state index contributed by atoms with van der Waals surface area (Å²) in [5.41, 5.74) is 0. The van der Waals surface area contributed by atoms with E-state index in [4.69, 9.17) is 3.87 Å². The molecule has 0 unspecified atom stereocenters. The van der Waals surface area contributed by atoms with Crippen molar-refractivity contribution in [1.82, 2.24) is 0 Å². The summed E-state index contributed by atoms with van der Waals surface area (Å²) in [5.74, 6) is 0.0422. The van der Waals surface area contributed by atoms with Crippen molar-refractivity contribution in [3.8, 4) is 0 Å². The summed E-state index contributed by atoms with van der Waals surface area (Å²) in [4.78, 5) is 0.